The summed E-state index contributed by atoms with van der Waals surface area (Å²) < 4.78 is 4.96. The van der Waals surface area contributed by atoms with Gasteiger partial charge >= 0.3 is 0 Å². The summed E-state index contributed by atoms with van der Waals surface area (Å²) in [4.78, 5) is 3.97. The van der Waals surface area contributed by atoms with Crippen LogP contribution < -0.4 is 11.5 Å². The Balaban J connectivity index is 2.04. The van der Waals surface area contributed by atoms with Crippen molar-refractivity contribution in [2.45, 2.75) is 25.7 Å². The summed E-state index contributed by atoms with van der Waals surface area (Å²) in [6.45, 7) is 0.690. The molecule has 0 radical (unpaired) electrons. The molecular weight excluding hydrogens is 168 g/mol. The van der Waals surface area contributed by atoms with Gasteiger partial charge in [0.2, 0.25) is 5.89 Å². The summed E-state index contributed by atoms with van der Waals surface area (Å²) in [6, 6.07) is 0. The van der Waals surface area contributed by atoms with Gasteiger partial charge in [-0.25, -0.2) is 0 Å². The first-order valence-corrected chi connectivity index (χ1v) is 4.52. The third kappa shape index (κ3) is 1.51. The van der Waals surface area contributed by atoms with E-state index >= 15 is 0 Å². The molecule has 2 rings (SSSR count). The second-order valence-corrected chi connectivity index (χ2v) is 3.78. The van der Waals surface area contributed by atoms with E-state index in [0.717, 1.165) is 19.3 Å². The van der Waals surface area contributed by atoms with Crippen molar-refractivity contribution >= 4 is 5.95 Å². The highest BCUT2D eigenvalue weighted by Gasteiger charge is 2.37. The van der Waals surface area contributed by atoms with Crippen molar-refractivity contribution in [2.24, 2.45) is 11.1 Å². The van der Waals surface area contributed by atoms with Crippen molar-refractivity contribution in [2.75, 3.05) is 12.3 Å². The monoisotopic (exact) mass is 182 g/mol. The molecule has 0 aliphatic heterocycles. The Labute approximate surface area is 76.5 Å². The molecule has 0 atom stereocenters. The van der Waals surface area contributed by atoms with E-state index in [1.54, 1.807) is 0 Å². The van der Waals surface area contributed by atoms with Gasteiger partial charge in [-0.15, -0.1) is 0 Å². The Morgan fingerprint density at radius 3 is 2.62 bits per heavy atom. The smallest absolute Gasteiger partial charge is 0.260 e. The van der Waals surface area contributed by atoms with Crippen molar-refractivity contribution in [1.29, 1.82) is 0 Å². The van der Waals surface area contributed by atoms with Crippen molar-refractivity contribution in [3.8, 4) is 0 Å². The molecule has 1 heterocycles. The van der Waals surface area contributed by atoms with E-state index < -0.39 is 0 Å². The lowest BCUT2D eigenvalue weighted by Gasteiger charge is -2.39. The van der Waals surface area contributed by atoms with Crippen LogP contribution in [0.3, 0.4) is 0 Å². The van der Waals surface area contributed by atoms with Gasteiger partial charge < -0.3 is 16.0 Å². The molecule has 0 aromatic carbocycles. The fourth-order valence-electron chi connectivity index (χ4n) is 1.79. The zero-order valence-corrected chi connectivity index (χ0v) is 7.49. The first kappa shape index (κ1) is 8.50. The SMILES string of the molecule is NCC1(Cc2nc(N)no2)CCC1. The van der Waals surface area contributed by atoms with Gasteiger partial charge in [0, 0.05) is 6.42 Å². The van der Waals surface area contributed by atoms with Crippen LogP contribution in [-0.4, -0.2) is 16.7 Å². The number of aromatic nitrogens is 2. The molecule has 1 aromatic rings. The highest BCUT2D eigenvalue weighted by Crippen LogP contribution is 2.42. The van der Waals surface area contributed by atoms with Crippen LogP contribution in [0.4, 0.5) is 5.95 Å². The van der Waals surface area contributed by atoms with E-state index in [1.165, 1.54) is 6.42 Å². The summed E-state index contributed by atoms with van der Waals surface area (Å²) in [5.41, 5.74) is 11.3. The molecule has 1 aromatic heterocycles. The van der Waals surface area contributed by atoms with E-state index in [4.69, 9.17) is 16.0 Å². The lowest BCUT2D eigenvalue weighted by atomic mass is 9.67. The van der Waals surface area contributed by atoms with Crippen LogP contribution in [-0.2, 0) is 6.42 Å². The summed E-state index contributed by atoms with van der Waals surface area (Å²) >= 11 is 0. The van der Waals surface area contributed by atoms with Gasteiger partial charge in [-0.1, -0.05) is 6.42 Å². The second kappa shape index (κ2) is 2.99. The molecule has 13 heavy (non-hydrogen) atoms. The minimum atomic E-state index is 0.207. The molecule has 0 bridgehead atoms. The maximum atomic E-state index is 5.70. The number of anilines is 1. The quantitative estimate of drug-likeness (QED) is 0.702. The molecular formula is C8H14N4O. The first-order valence-electron chi connectivity index (χ1n) is 4.52. The Kier molecular flexibility index (Phi) is 1.95. The molecule has 5 nitrogen and oxygen atoms in total. The largest absolute Gasteiger partial charge is 0.365 e. The molecule has 1 aliphatic rings. The normalized spacial score (nSPS) is 19.8. The van der Waals surface area contributed by atoms with E-state index in [-0.39, 0.29) is 11.4 Å². The molecule has 1 saturated carbocycles. The molecule has 1 aliphatic carbocycles. The lowest BCUT2D eigenvalue weighted by molar-refractivity contribution is 0.129. The van der Waals surface area contributed by atoms with Gasteiger partial charge in [0.1, 0.15) is 0 Å². The molecule has 0 spiro atoms. The Hall–Kier alpha value is -1.10. The second-order valence-electron chi connectivity index (χ2n) is 3.78. The van der Waals surface area contributed by atoms with Gasteiger partial charge in [0.25, 0.3) is 5.95 Å². The maximum absolute atomic E-state index is 5.70. The summed E-state index contributed by atoms with van der Waals surface area (Å²) in [6.07, 6.45) is 4.34. The van der Waals surface area contributed by atoms with E-state index in [9.17, 15) is 0 Å². The number of nitrogens with zero attached hydrogens (tertiary/aromatic N) is 2. The van der Waals surface area contributed by atoms with Crippen LogP contribution in [0.2, 0.25) is 0 Å². The Morgan fingerprint density at radius 2 is 2.23 bits per heavy atom. The van der Waals surface area contributed by atoms with Crippen LogP contribution in [0.5, 0.6) is 0 Å². The minimum absolute atomic E-state index is 0.207. The fourth-order valence-corrected chi connectivity index (χ4v) is 1.79. The number of nitrogens with two attached hydrogens (primary N) is 2. The summed E-state index contributed by atoms with van der Waals surface area (Å²) in [5, 5.41) is 3.54. The van der Waals surface area contributed by atoms with Crippen molar-refractivity contribution in [1.82, 2.24) is 10.1 Å². The number of nitrogen functional groups attached to an aromatic ring is 1. The number of rotatable bonds is 3. The third-order valence-electron chi connectivity index (χ3n) is 2.86. The number of hydrogen-bond donors (Lipinski definition) is 2. The minimum Gasteiger partial charge on any atom is -0.365 e. The van der Waals surface area contributed by atoms with E-state index in [1.807, 2.05) is 0 Å². The molecule has 4 N–H and O–H groups in total. The number of hydrogen-bond acceptors (Lipinski definition) is 5. The zero-order chi connectivity index (χ0) is 9.31. The molecule has 1 fully saturated rings. The topological polar surface area (TPSA) is 91.0 Å². The molecule has 0 unspecified atom stereocenters. The molecule has 0 saturated heterocycles. The molecule has 72 valence electrons. The van der Waals surface area contributed by atoms with Crippen molar-refractivity contribution < 1.29 is 4.52 Å². The average molecular weight is 182 g/mol. The zero-order valence-electron chi connectivity index (χ0n) is 7.49. The predicted octanol–water partition coefficient (Wildman–Crippen LogP) is 0.323. The van der Waals surface area contributed by atoms with Gasteiger partial charge in [-0.3, -0.25) is 0 Å². The van der Waals surface area contributed by atoms with Crippen LogP contribution in [0, 0.1) is 5.41 Å². The average Bonchev–Trinajstić information content (AvgIpc) is 2.44. The van der Waals surface area contributed by atoms with Gasteiger partial charge in [0.15, 0.2) is 0 Å². The van der Waals surface area contributed by atoms with Crippen molar-refractivity contribution in [3.05, 3.63) is 5.89 Å². The summed E-state index contributed by atoms with van der Waals surface area (Å²) in [5.74, 6) is 0.823. The maximum Gasteiger partial charge on any atom is 0.260 e. The van der Waals surface area contributed by atoms with Crippen LogP contribution in [0.15, 0.2) is 4.52 Å². The Morgan fingerprint density at radius 1 is 1.46 bits per heavy atom. The fraction of sp³-hybridized carbons (Fsp3) is 0.750. The molecule has 5 heteroatoms. The predicted molar refractivity (Wildman–Crippen MR) is 47.8 cm³/mol. The van der Waals surface area contributed by atoms with E-state index in [0.29, 0.717) is 12.4 Å². The third-order valence-corrected chi connectivity index (χ3v) is 2.86. The van der Waals surface area contributed by atoms with Crippen LogP contribution in [0.1, 0.15) is 25.2 Å². The van der Waals surface area contributed by atoms with Crippen LogP contribution in [0.25, 0.3) is 0 Å². The van der Waals surface area contributed by atoms with Crippen LogP contribution >= 0.6 is 0 Å². The highest BCUT2D eigenvalue weighted by molar-refractivity contribution is 5.11. The van der Waals surface area contributed by atoms with E-state index in [2.05, 4.69) is 10.1 Å². The highest BCUT2D eigenvalue weighted by atomic mass is 16.5. The standard InChI is InChI=1S/C8H14N4O/c9-5-8(2-1-3-8)4-6-11-7(10)12-13-6/h1-5,9H2,(H2,10,12). The molecule has 0 amide bonds. The summed E-state index contributed by atoms with van der Waals surface area (Å²) in [7, 11) is 0. The first-order chi connectivity index (χ1) is 6.24. The lowest BCUT2D eigenvalue weighted by Crippen LogP contribution is -2.39. The Bertz CT molecular complexity index is 287. The van der Waals surface area contributed by atoms with Crippen molar-refractivity contribution in [3.63, 3.8) is 0 Å². The van der Waals surface area contributed by atoms with Gasteiger partial charge in [0.05, 0.1) is 0 Å². The van der Waals surface area contributed by atoms with Gasteiger partial charge in [-0.2, -0.15) is 4.98 Å². The van der Waals surface area contributed by atoms with Gasteiger partial charge in [-0.05, 0) is 30.0 Å².